The zero-order chi connectivity index (χ0) is 31.4. The second-order valence-electron chi connectivity index (χ2n) is 11.7. The Morgan fingerprint density at radius 1 is 0.756 bits per heavy atom. The molecule has 0 N–H and O–H groups in total. The molecule has 3 aliphatic rings. The van der Waals surface area contributed by atoms with Gasteiger partial charge in [0.2, 0.25) is 0 Å². The van der Waals surface area contributed by atoms with Gasteiger partial charge in [-0.2, -0.15) is 0 Å². The van der Waals surface area contributed by atoms with Crippen molar-refractivity contribution in [1.82, 2.24) is 0 Å². The van der Waals surface area contributed by atoms with E-state index in [-0.39, 0.29) is 13.2 Å². The van der Waals surface area contributed by atoms with E-state index in [9.17, 15) is 4.57 Å². The molecule has 3 saturated heterocycles. The third-order valence-electron chi connectivity index (χ3n) is 8.34. The van der Waals surface area contributed by atoms with Crippen molar-refractivity contribution in [3.05, 3.63) is 108 Å². The topological polar surface area (TPSA) is 100 Å². The van der Waals surface area contributed by atoms with Gasteiger partial charge < -0.3 is 33.2 Å². The number of hydrogen-bond donors (Lipinski definition) is 0. The molecule has 0 amide bonds. The molecule has 11 heteroatoms. The quantitative estimate of drug-likeness (QED) is 0.171. The van der Waals surface area contributed by atoms with Gasteiger partial charge in [-0.25, -0.2) is 0 Å². The first kappa shape index (κ1) is 32.3. The number of hydrogen-bond acceptors (Lipinski definition) is 10. The third-order valence-corrected chi connectivity index (χ3v) is 9.14. The highest BCUT2D eigenvalue weighted by Gasteiger charge is 2.56. The van der Waals surface area contributed by atoms with Crippen molar-refractivity contribution in [2.24, 2.45) is 0 Å². The fourth-order valence-corrected chi connectivity index (χ4v) is 7.08. The maximum Gasteiger partial charge on any atom is 0.697 e. The Morgan fingerprint density at radius 3 is 1.84 bits per heavy atom. The van der Waals surface area contributed by atoms with Crippen LogP contribution in [0.25, 0.3) is 0 Å². The van der Waals surface area contributed by atoms with Crippen molar-refractivity contribution in [3.63, 3.8) is 0 Å². The number of ether oxygens (including phenoxy) is 7. The highest BCUT2D eigenvalue weighted by atomic mass is 31.1. The number of rotatable bonds is 13. The standard InChI is InChI=1S/C34H40O10P/c1-33(2)42-30-28(41-32(37-4)31(30)43-33)22-39-45(35)44-26-20-29(36-3)40-27(26)21-38-34(23-14-8-5-9-15-23,24-16-10-6-11-17-24)25-18-12-7-13-19-25/h5-19,26-32H,20-22H2,1-4H3/q+1/t26-,27+,28+,29-,30+,31+,32+/m0/s1. The molecule has 3 heterocycles. The molecule has 10 nitrogen and oxygen atoms in total. The van der Waals surface area contributed by atoms with Gasteiger partial charge in [0, 0.05) is 25.2 Å². The smallest absolute Gasteiger partial charge is 0.358 e. The summed E-state index contributed by atoms with van der Waals surface area (Å²) in [4.78, 5) is 0. The Balaban J connectivity index is 1.18. The predicted molar refractivity (Wildman–Crippen MR) is 163 cm³/mol. The summed E-state index contributed by atoms with van der Waals surface area (Å²) in [6.07, 6.45) is -3.41. The number of benzene rings is 3. The number of fused-ring (bicyclic) bond motifs is 1. The van der Waals surface area contributed by atoms with Crippen molar-refractivity contribution < 1.29 is 46.8 Å². The van der Waals surface area contributed by atoms with Gasteiger partial charge in [0.1, 0.15) is 42.7 Å². The highest BCUT2D eigenvalue weighted by molar-refractivity contribution is 7.33. The van der Waals surface area contributed by atoms with E-state index >= 15 is 0 Å². The van der Waals surface area contributed by atoms with Crippen LogP contribution in [0, 0.1) is 0 Å². The molecule has 1 unspecified atom stereocenters. The van der Waals surface area contributed by atoms with Crippen LogP contribution in [0.15, 0.2) is 91.0 Å². The molecule has 3 fully saturated rings. The van der Waals surface area contributed by atoms with Crippen molar-refractivity contribution in [2.75, 3.05) is 27.4 Å². The monoisotopic (exact) mass is 639 g/mol. The first-order valence-electron chi connectivity index (χ1n) is 15.1. The Hall–Kier alpha value is -2.60. The minimum absolute atomic E-state index is 0.0305. The van der Waals surface area contributed by atoms with Crippen molar-refractivity contribution in [1.29, 1.82) is 0 Å². The highest BCUT2D eigenvalue weighted by Crippen LogP contribution is 2.43. The zero-order valence-electron chi connectivity index (χ0n) is 25.9. The molecule has 6 rings (SSSR count). The summed E-state index contributed by atoms with van der Waals surface area (Å²) in [5, 5.41) is 0. The molecular formula is C34H40O10P+. The van der Waals surface area contributed by atoms with Crippen LogP contribution in [-0.4, -0.2) is 76.3 Å². The Labute approximate surface area is 264 Å². The van der Waals surface area contributed by atoms with Crippen LogP contribution in [0.3, 0.4) is 0 Å². The Kier molecular flexibility index (Phi) is 10.1. The van der Waals surface area contributed by atoms with Gasteiger partial charge in [-0.3, -0.25) is 0 Å². The first-order chi connectivity index (χ1) is 21.8. The van der Waals surface area contributed by atoms with Gasteiger partial charge in [-0.15, -0.1) is 9.05 Å². The molecule has 3 aromatic carbocycles. The van der Waals surface area contributed by atoms with Gasteiger partial charge in [0.15, 0.2) is 18.4 Å². The fraction of sp³-hybridized carbons (Fsp3) is 0.471. The molecule has 3 aliphatic heterocycles. The van der Waals surface area contributed by atoms with Gasteiger partial charge in [0.05, 0.1) is 6.61 Å². The maximum atomic E-state index is 13.1. The lowest BCUT2D eigenvalue weighted by Gasteiger charge is -2.37. The summed E-state index contributed by atoms with van der Waals surface area (Å²) in [5.41, 5.74) is 1.93. The normalized spacial score (nSPS) is 29.5. The molecular weight excluding hydrogens is 599 g/mol. The maximum absolute atomic E-state index is 13.1. The first-order valence-corrected chi connectivity index (χ1v) is 16.2. The predicted octanol–water partition coefficient (Wildman–Crippen LogP) is 5.71. The molecule has 8 atom stereocenters. The summed E-state index contributed by atoms with van der Waals surface area (Å²) in [7, 11) is 0.559. The van der Waals surface area contributed by atoms with Crippen LogP contribution in [-0.2, 0) is 52.4 Å². The molecule has 0 bridgehead atoms. The SMILES string of the molecule is CO[C@@H]1C[C@H](O[P+](=O)OC[C@H]2O[C@@H](OC)[C@@H]3OC(C)(C)O[C@@H]32)[C@@H](COC(c2ccccc2)(c2ccccc2)c2ccccc2)O1. The molecule has 45 heavy (non-hydrogen) atoms. The van der Waals surface area contributed by atoms with Gasteiger partial charge in [0.25, 0.3) is 0 Å². The molecule has 0 aliphatic carbocycles. The summed E-state index contributed by atoms with van der Waals surface area (Å²) in [5.74, 6) is -0.787. The zero-order valence-corrected chi connectivity index (χ0v) is 26.7. The second kappa shape index (κ2) is 14.0. The molecule has 0 radical (unpaired) electrons. The largest absolute Gasteiger partial charge is 0.697 e. The van der Waals surface area contributed by atoms with Crippen molar-refractivity contribution in [2.45, 2.75) is 74.8 Å². The third kappa shape index (κ3) is 6.92. The molecule has 240 valence electrons. The molecule has 3 aromatic rings. The summed E-state index contributed by atoms with van der Waals surface area (Å²) >= 11 is 0. The van der Waals surface area contributed by atoms with Gasteiger partial charge >= 0.3 is 8.25 Å². The van der Waals surface area contributed by atoms with E-state index in [0.717, 1.165) is 16.7 Å². The van der Waals surface area contributed by atoms with Gasteiger partial charge in [-0.05, 0) is 30.5 Å². The van der Waals surface area contributed by atoms with E-state index in [4.69, 9.17) is 42.2 Å². The minimum Gasteiger partial charge on any atom is -0.358 e. The summed E-state index contributed by atoms with van der Waals surface area (Å²) < 4.78 is 66.7. The molecule has 0 spiro atoms. The van der Waals surface area contributed by atoms with E-state index < -0.39 is 62.7 Å². The lowest BCUT2D eigenvalue weighted by Crippen LogP contribution is -2.38. The van der Waals surface area contributed by atoms with Crippen molar-refractivity contribution >= 4 is 8.25 Å². The van der Waals surface area contributed by atoms with E-state index in [1.54, 1.807) is 14.2 Å². The Morgan fingerprint density at radius 2 is 1.31 bits per heavy atom. The minimum atomic E-state index is -2.55. The lowest BCUT2D eigenvalue weighted by molar-refractivity contribution is -0.229. The van der Waals surface area contributed by atoms with Crippen LogP contribution in [0.5, 0.6) is 0 Å². The second-order valence-corrected chi connectivity index (χ2v) is 12.6. The van der Waals surface area contributed by atoms with E-state index in [2.05, 4.69) is 36.4 Å². The van der Waals surface area contributed by atoms with Gasteiger partial charge in [-0.1, -0.05) is 91.0 Å². The molecule has 0 aromatic heterocycles. The lowest BCUT2D eigenvalue weighted by atomic mass is 9.80. The van der Waals surface area contributed by atoms with Crippen LogP contribution in [0.4, 0.5) is 0 Å². The van der Waals surface area contributed by atoms with Crippen LogP contribution in [0.2, 0.25) is 0 Å². The van der Waals surface area contributed by atoms with Crippen molar-refractivity contribution in [3.8, 4) is 0 Å². The Bertz CT molecular complexity index is 1300. The summed E-state index contributed by atoms with van der Waals surface area (Å²) in [6.45, 7) is 3.75. The fourth-order valence-electron chi connectivity index (χ4n) is 6.31. The average molecular weight is 640 g/mol. The summed E-state index contributed by atoms with van der Waals surface area (Å²) in [6, 6.07) is 30.2. The van der Waals surface area contributed by atoms with Crippen LogP contribution in [0.1, 0.15) is 37.0 Å². The average Bonchev–Trinajstić information content (AvgIpc) is 3.71. The van der Waals surface area contributed by atoms with E-state index in [1.807, 2.05) is 68.4 Å². The van der Waals surface area contributed by atoms with E-state index in [1.165, 1.54) is 0 Å². The number of methoxy groups -OCH3 is 2. The van der Waals surface area contributed by atoms with Crippen LogP contribution < -0.4 is 0 Å². The van der Waals surface area contributed by atoms with Crippen LogP contribution >= 0.6 is 8.25 Å². The molecule has 0 saturated carbocycles. The van der Waals surface area contributed by atoms with E-state index in [0.29, 0.717) is 6.42 Å².